The van der Waals surface area contributed by atoms with Crippen LogP contribution in [0.25, 0.3) is 107 Å². The van der Waals surface area contributed by atoms with E-state index in [-0.39, 0.29) is 0 Å². The highest BCUT2D eigenvalue weighted by Crippen LogP contribution is 2.45. The highest BCUT2D eigenvalue weighted by molar-refractivity contribution is 7.26. The molecule has 0 spiro atoms. The van der Waals surface area contributed by atoms with E-state index in [9.17, 15) is 0 Å². The van der Waals surface area contributed by atoms with Gasteiger partial charge in [-0.2, -0.15) is 0 Å². The Labute approximate surface area is 288 Å². The summed E-state index contributed by atoms with van der Waals surface area (Å²) in [5.74, 6) is 0.729. The Hall–Kier alpha value is -5.88. The molecule has 11 aromatic rings. The molecular weight excluding hydrogens is 637 g/mol. The van der Waals surface area contributed by atoms with E-state index in [1.54, 1.807) is 11.3 Å². The van der Waals surface area contributed by atoms with Crippen molar-refractivity contribution in [2.75, 3.05) is 0 Å². The summed E-state index contributed by atoms with van der Waals surface area (Å²) in [6, 6.07) is 51.7. The van der Waals surface area contributed by atoms with Crippen molar-refractivity contribution in [1.29, 1.82) is 0 Å². The molecule has 0 unspecified atom stereocenters. The van der Waals surface area contributed by atoms with Crippen LogP contribution in [0.4, 0.5) is 0 Å². The molecule has 11 rings (SSSR count). The smallest absolute Gasteiger partial charge is 0.160 e. The van der Waals surface area contributed by atoms with Crippen molar-refractivity contribution < 1.29 is 4.42 Å². The summed E-state index contributed by atoms with van der Waals surface area (Å²) in [5, 5.41) is 8.30. The van der Waals surface area contributed by atoms with Crippen LogP contribution in [0.15, 0.2) is 150 Å². The van der Waals surface area contributed by atoms with Crippen molar-refractivity contribution >= 4 is 95.9 Å². The summed E-state index contributed by atoms with van der Waals surface area (Å²) in [7, 11) is 0. The molecule has 3 nitrogen and oxygen atoms in total. The fourth-order valence-corrected chi connectivity index (χ4v) is 9.69. The van der Waals surface area contributed by atoms with Gasteiger partial charge in [0.15, 0.2) is 5.82 Å². The zero-order chi connectivity index (χ0) is 32.1. The fraction of sp³-hybridized carbons (Fsp3) is 0. The Bertz CT molecular complexity index is 3130. The summed E-state index contributed by atoms with van der Waals surface area (Å²) in [5.41, 5.74) is 7.94. The molecule has 0 saturated carbocycles. The van der Waals surface area contributed by atoms with E-state index in [0.717, 1.165) is 71.3 Å². The highest BCUT2D eigenvalue weighted by atomic mass is 32.1. The Morgan fingerprint density at radius 2 is 1.18 bits per heavy atom. The van der Waals surface area contributed by atoms with Crippen molar-refractivity contribution in [3.05, 3.63) is 146 Å². The molecule has 0 aliphatic heterocycles. The van der Waals surface area contributed by atoms with Gasteiger partial charge in [-0.15, -0.1) is 22.7 Å². The predicted molar refractivity (Wildman–Crippen MR) is 209 cm³/mol. The second-order valence-corrected chi connectivity index (χ2v) is 14.6. The zero-order valence-electron chi connectivity index (χ0n) is 26.0. The summed E-state index contributed by atoms with van der Waals surface area (Å²) in [4.78, 5) is 10.7. The summed E-state index contributed by atoms with van der Waals surface area (Å²) in [6.07, 6.45) is 0. The van der Waals surface area contributed by atoms with E-state index >= 15 is 0 Å². The van der Waals surface area contributed by atoms with Gasteiger partial charge in [0.2, 0.25) is 0 Å². The first-order valence-corrected chi connectivity index (χ1v) is 17.9. The molecule has 0 amide bonds. The van der Waals surface area contributed by atoms with Gasteiger partial charge < -0.3 is 4.42 Å². The molecule has 7 aromatic carbocycles. The van der Waals surface area contributed by atoms with Crippen molar-refractivity contribution in [3.8, 4) is 33.8 Å². The van der Waals surface area contributed by atoms with Crippen LogP contribution in [0.2, 0.25) is 0 Å². The lowest BCUT2D eigenvalue weighted by atomic mass is 9.97. The zero-order valence-corrected chi connectivity index (χ0v) is 27.6. The average Bonchev–Trinajstić information content (AvgIpc) is 3.85. The van der Waals surface area contributed by atoms with Crippen LogP contribution in [-0.4, -0.2) is 9.97 Å². The topological polar surface area (TPSA) is 38.9 Å². The normalized spacial score (nSPS) is 12.1. The van der Waals surface area contributed by atoms with Crippen LogP contribution in [0, 0.1) is 0 Å². The molecule has 0 atom stereocenters. The Kier molecular flexibility index (Phi) is 5.70. The second-order valence-electron chi connectivity index (χ2n) is 12.5. The van der Waals surface area contributed by atoms with Crippen molar-refractivity contribution in [2.24, 2.45) is 0 Å². The molecule has 49 heavy (non-hydrogen) atoms. The van der Waals surface area contributed by atoms with Gasteiger partial charge >= 0.3 is 0 Å². The molecule has 0 radical (unpaired) electrons. The molecule has 0 bridgehead atoms. The third-order valence-corrected chi connectivity index (χ3v) is 12.0. The Morgan fingerprint density at radius 1 is 0.469 bits per heavy atom. The van der Waals surface area contributed by atoms with Gasteiger partial charge in [0, 0.05) is 57.7 Å². The van der Waals surface area contributed by atoms with Crippen LogP contribution in [0.5, 0.6) is 0 Å². The first-order chi connectivity index (χ1) is 24.3. The summed E-state index contributed by atoms with van der Waals surface area (Å²) in [6.45, 7) is 0. The Balaban J connectivity index is 1.17. The van der Waals surface area contributed by atoms with Crippen LogP contribution < -0.4 is 0 Å². The maximum Gasteiger partial charge on any atom is 0.160 e. The number of aromatic nitrogens is 2. The van der Waals surface area contributed by atoms with Gasteiger partial charge in [-0.1, -0.05) is 115 Å². The number of nitrogens with zero attached hydrogens (tertiary/aromatic N) is 2. The van der Waals surface area contributed by atoms with E-state index in [2.05, 4.69) is 146 Å². The maximum atomic E-state index is 6.74. The Morgan fingerprint density at radius 3 is 2.10 bits per heavy atom. The molecule has 228 valence electrons. The standard InChI is InChI=1S/C44H24N2OS2/c1-2-10-26-23-27(20-19-25(26)9-1)29-13-7-15-34-39-33(14-8-16-35(39)47-42(29)34)41-43-40(32-12-4-6-18-37(32)49-43)45-44(46-41)28-21-22-31-30-11-3-5-17-36(30)48-38(31)24-28/h1-24H. The van der Waals surface area contributed by atoms with Crippen molar-refractivity contribution in [3.63, 3.8) is 0 Å². The molecule has 0 N–H and O–H groups in total. The number of hydrogen-bond donors (Lipinski definition) is 0. The number of hydrogen-bond acceptors (Lipinski definition) is 5. The number of benzene rings is 7. The maximum absolute atomic E-state index is 6.74. The van der Waals surface area contributed by atoms with Crippen LogP contribution in [-0.2, 0) is 0 Å². The van der Waals surface area contributed by atoms with Crippen molar-refractivity contribution in [2.45, 2.75) is 0 Å². The number of rotatable bonds is 3. The number of furan rings is 1. The lowest BCUT2D eigenvalue weighted by Crippen LogP contribution is -1.94. The van der Waals surface area contributed by atoms with E-state index in [4.69, 9.17) is 14.4 Å². The largest absolute Gasteiger partial charge is 0.455 e. The lowest BCUT2D eigenvalue weighted by Gasteiger charge is -2.09. The second kappa shape index (κ2) is 10.3. The van der Waals surface area contributed by atoms with E-state index < -0.39 is 0 Å². The predicted octanol–water partition coefficient (Wildman–Crippen LogP) is 13.3. The van der Waals surface area contributed by atoms with Crippen molar-refractivity contribution in [1.82, 2.24) is 9.97 Å². The summed E-state index contributed by atoms with van der Waals surface area (Å²) < 4.78 is 11.6. The van der Waals surface area contributed by atoms with Gasteiger partial charge in [-0.05, 0) is 46.7 Å². The molecule has 4 heterocycles. The van der Waals surface area contributed by atoms with E-state index in [1.807, 2.05) is 11.3 Å². The van der Waals surface area contributed by atoms with Crippen LogP contribution in [0.1, 0.15) is 0 Å². The summed E-state index contributed by atoms with van der Waals surface area (Å²) >= 11 is 3.57. The monoisotopic (exact) mass is 660 g/mol. The minimum Gasteiger partial charge on any atom is -0.455 e. The molecule has 0 fully saturated rings. The minimum absolute atomic E-state index is 0.729. The van der Waals surface area contributed by atoms with Gasteiger partial charge in [0.1, 0.15) is 11.2 Å². The van der Waals surface area contributed by atoms with Crippen LogP contribution >= 0.6 is 22.7 Å². The van der Waals surface area contributed by atoms with E-state index in [0.29, 0.717) is 0 Å². The molecule has 5 heteroatoms. The van der Waals surface area contributed by atoms with E-state index in [1.165, 1.54) is 35.6 Å². The van der Waals surface area contributed by atoms with Gasteiger partial charge in [0.05, 0.1) is 15.9 Å². The molecule has 0 saturated heterocycles. The highest BCUT2D eigenvalue weighted by Gasteiger charge is 2.22. The molecule has 4 aromatic heterocycles. The third-order valence-electron chi connectivity index (χ3n) is 9.69. The molecule has 0 aliphatic carbocycles. The number of para-hydroxylation sites is 1. The van der Waals surface area contributed by atoms with Crippen LogP contribution in [0.3, 0.4) is 0 Å². The molecular formula is C44H24N2OS2. The average molecular weight is 661 g/mol. The van der Waals surface area contributed by atoms with Gasteiger partial charge in [-0.25, -0.2) is 9.97 Å². The minimum atomic E-state index is 0.729. The van der Waals surface area contributed by atoms with Gasteiger partial charge in [0.25, 0.3) is 0 Å². The molecule has 0 aliphatic rings. The SMILES string of the molecule is c1ccc2cc(-c3cccc4c3oc3cccc(-c5nc(-c6ccc7c(c6)sc6ccccc67)nc6c5sc5ccccc56)c34)ccc2c1. The quantitative estimate of drug-likeness (QED) is 0.189. The number of thiophene rings is 2. The fourth-order valence-electron chi connectivity index (χ4n) is 7.40. The third kappa shape index (κ3) is 4.07. The number of fused-ring (bicyclic) bond motifs is 10. The first kappa shape index (κ1) is 27.1. The first-order valence-electron chi connectivity index (χ1n) is 16.3. The van der Waals surface area contributed by atoms with Gasteiger partial charge in [-0.3, -0.25) is 0 Å². The lowest BCUT2D eigenvalue weighted by molar-refractivity contribution is 0.670.